The van der Waals surface area contributed by atoms with Crippen molar-refractivity contribution in [1.82, 2.24) is 0 Å². The maximum absolute atomic E-state index is 8.33. The maximum Gasteiger partial charge on any atom is 1.00 e. The van der Waals surface area contributed by atoms with Gasteiger partial charge in [0.1, 0.15) is 0 Å². The van der Waals surface area contributed by atoms with E-state index in [1.54, 1.807) is 0 Å². The van der Waals surface area contributed by atoms with Crippen molar-refractivity contribution in [3.8, 4) is 0 Å². The summed E-state index contributed by atoms with van der Waals surface area (Å²) in [5.74, 6) is 0. The molecule has 9 heavy (non-hydrogen) atoms. The van der Waals surface area contributed by atoms with Crippen molar-refractivity contribution in [3.63, 3.8) is 0 Å². The summed E-state index contributed by atoms with van der Waals surface area (Å²) in [4.78, 5) is 16.7. The van der Waals surface area contributed by atoms with Gasteiger partial charge in [0.05, 0.1) is 0 Å². The first-order valence-electron chi connectivity index (χ1n) is 1.22. The van der Waals surface area contributed by atoms with Crippen LogP contribution in [0.4, 0.5) is 9.59 Å². The molecule has 6 nitrogen and oxygen atoms in total. The van der Waals surface area contributed by atoms with Gasteiger partial charge in [-0.05, 0) is 12.3 Å². The fraction of sp³-hybridized carbons (Fsp3) is 0. The van der Waals surface area contributed by atoms with E-state index in [1.165, 1.54) is 0 Å². The molecule has 0 fully saturated rings. The summed E-state index contributed by atoms with van der Waals surface area (Å²) in [6, 6.07) is 0. The van der Waals surface area contributed by atoms with E-state index in [0.717, 1.165) is 0 Å². The summed E-state index contributed by atoms with van der Waals surface area (Å²) in [6.07, 6.45) is -4.67. The second kappa shape index (κ2) is 11.0. The van der Waals surface area contributed by atoms with Crippen LogP contribution in [0.5, 0.6) is 0 Å². The first-order valence-corrected chi connectivity index (χ1v) is 1.22. The Morgan fingerprint density at radius 3 is 0.778 bits per heavy atom. The summed E-state index contributed by atoms with van der Waals surface area (Å²) in [5.41, 5.74) is 0. The van der Waals surface area contributed by atoms with Crippen LogP contribution in [0.15, 0.2) is 0 Å². The SMILES string of the molecule is O=C([O-])[O-].O=C([O-])[O-].[K+]. The molecule has 0 aliphatic carbocycles. The second-order valence-electron chi connectivity index (χ2n) is 0.500. The summed E-state index contributed by atoms with van der Waals surface area (Å²) < 4.78 is 0. The smallest absolute Gasteiger partial charge is 0.652 e. The number of carbonyl (C=O) groups excluding carboxylic acids is 2. The Hall–Kier alpha value is 0.176. The Morgan fingerprint density at radius 1 is 0.778 bits per heavy atom. The van der Waals surface area contributed by atoms with E-state index in [0.29, 0.717) is 0 Å². The first kappa shape index (κ1) is 16.1. The molecule has 7 heteroatoms. The van der Waals surface area contributed by atoms with Crippen LogP contribution in [-0.2, 0) is 0 Å². The molecule has 0 aromatic heterocycles. The predicted molar refractivity (Wildman–Crippen MR) is 10.8 cm³/mol. The van der Waals surface area contributed by atoms with Crippen molar-refractivity contribution in [1.29, 1.82) is 0 Å². The molecule has 0 unspecified atom stereocenters. The van der Waals surface area contributed by atoms with Gasteiger partial charge in [0.15, 0.2) is 0 Å². The van der Waals surface area contributed by atoms with Crippen molar-refractivity contribution in [2.24, 2.45) is 0 Å². The monoisotopic (exact) mass is 159 g/mol. The van der Waals surface area contributed by atoms with E-state index in [4.69, 9.17) is 30.0 Å². The average Bonchev–Trinajstić information content (AvgIpc) is 1.25. The Labute approximate surface area is 92.5 Å². The van der Waals surface area contributed by atoms with Gasteiger partial charge in [-0.25, -0.2) is 0 Å². The van der Waals surface area contributed by atoms with Gasteiger partial charge in [0.25, 0.3) is 0 Å². The van der Waals surface area contributed by atoms with Crippen LogP contribution < -0.4 is 71.8 Å². The van der Waals surface area contributed by atoms with E-state index in [1.807, 2.05) is 0 Å². The van der Waals surface area contributed by atoms with Crippen LogP contribution >= 0.6 is 0 Å². The van der Waals surface area contributed by atoms with Crippen LogP contribution in [0.2, 0.25) is 0 Å². The van der Waals surface area contributed by atoms with Crippen LogP contribution in [0.3, 0.4) is 0 Å². The Bertz CT molecular complexity index is 69.1. The minimum atomic E-state index is -2.33. The summed E-state index contributed by atoms with van der Waals surface area (Å²) in [6.45, 7) is 0. The molecule has 0 aromatic carbocycles. The van der Waals surface area contributed by atoms with Crippen LogP contribution in [-0.4, -0.2) is 12.3 Å². The Kier molecular flexibility index (Phi) is 19.7. The molecule has 0 aliphatic heterocycles. The average molecular weight is 159 g/mol. The predicted octanol–water partition coefficient (Wildman–Crippen LogP) is -7.89. The van der Waals surface area contributed by atoms with Gasteiger partial charge < -0.3 is 30.0 Å². The van der Waals surface area contributed by atoms with E-state index in [2.05, 4.69) is 0 Å². The Balaban J connectivity index is -0.0000000720. The van der Waals surface area contributed by atoms with Crippen LogP contribution in [0.1, 0.15) is 0 Å². The fourth-order valence-electron chi connectivity index (χ4n) is 0. The fourth-order valence-corrected chi connectivity index (χ4v) is 0. The zero-order valence-electron chi connectivity index (χ0n) is 4.45. The van der Waals surface area contributed by atoms with Crippen molar-refractivity contribution in [3.05, 3.63) is 0 Å². The third-order valence-corrected chi connectivity index (χ3v) is 0. The number of hydrogen-bond donors (Lipinski definition) is 0. The maximum atomic E-state index is 8.33. The van der Waals surface area contributed by atoms with Crippen molar-refractivity contribution < 1.29 is 81.4 Å². The molecule has 0 bridgehead atoms. The minimum absolute atomic E-state index is 0. The molecule has 0 spiro atoms. The molecule has 0 atom stereocenters. The van der Waals surface area contributed by atoms with Gasteiger partial charge >= 0.3 is 51.4 Å². The molecule has 0 saturated heterocycles. The van der Waals surface area contributed by atoms with Gasteiger partial charge in [-0.1, -0.05) is 0 Å². The first-order chi connectivity index (χ1) is 3.46. The Morgan fingerprint density at radius 2 is 0.778 bits per heavy atom. The van der Waals surface area contributed by atoms with E-state index >= 15 is 0 Å². The molecular weight excluding hydrogens is 159 g/mol. The molecule has 0 rings (SSSR count). The molecule has 0 N–H and O–H groups in total. The van der Waals surface area contributed by atoms with Gasteiger partial charge in [0.2, 0.25) is 0 Å². The zero-order chi connectivity index (χ0) is 7.15. The normalized spacial score (nSPS) is 5.33. The molecule has 0 heterocycles. The van der Waals surface area contributed by atoms with Crippen LogP contribution in [0, 0.1) is 0 Å². The van der Waals surface area contributed by atoms with E-state index in [-0.39, 0.29) is 51.4 Å². The quantitative estimate of drug-likeness (QED) is 0.323. The molecule has 0 amide bonds. The number of rotatable bonds is 0. The number of carbonyl (C=O) groups is 2. The summed E-state index contributed by atoms with van der Waals surface area (Å²) in [5, 5.41) is 33.3. The van der Waals surface area contributed by atoms with Gasteiger partial charge in [-0.3, -0.25) is 0 Å². The second-order valence-corrected chi connectivity index (χ2v) is 0.500. The largest absolute Gasteiger partial charge is 1.00 e. The van der Waals surface area contributed by atoms with Gasteiger partial charge in [0, 0.05) is 0 Å². The molecule has 0 radical (unpaired) electrons. The number of carboxylic acid groups (broad SMARTS) is 4. The van der Waals surface area contributed by atoms with Crippen molar-refractivity contribution in [2.75, 3.05) is 0 Å². The molecule has 0 aromatic rings. The minimum Gasteiger partial charge on any atom is -0.652 e. The third-order valence-electron chi connectivity index (χ3n) is 0. The van der Waals surface area contributed by atoms with Crippen LogP contribution in [0.25, 0.3) is 0 Å². The van der Waals surface area contributed by atoms with Gasteiger partial charge in [-0.2, -0.15) is 0 Å². The van der Waals surface area contributed by atoms with Crippen molar-refractivity contribution >= 4 is 12.3 Å². The van der Waals surface area contributed by atoms with Gasteiger partial charge in [-0.15, -0.1) is 0 Å². The zero-order valence-corrected chi connectivity index (χ0v) is 7.57. The van der Waals surface area contributed by atoms with E-state index in [9.17, 15) is 0 Å². The molecule has 0 saturated carbocycles. The molecule has 48 valence electrons. The molecule has 0 aliphatic rings. The third kappa shape index (κ3) is 10000. The van der Waals surface area contributed by atoms with E-state index < -0.39 is 12.3 Å². The summed E-state index contributed by atoms with van der Waals surface area (Å²) >= 11 is 0. The molecular formula is C2KO6-3. The van der Waals surface area contributed by atoms with Crippen molar-refractivity contribution in [2.45, 2.75) is 0 Å². The topological polar surface area (TPSA) is 126 Å². The standard InChI is InChI=1S/2CH2O3.K/c2*2-1(3)4;/h2*(H2,2,3,4);/q;;+1/p-4. The summed E-state index contributed by atoms with van der Waals surface area (Å²) in [7, 11) is 0. The number of hydrogen-bond acceptors (Lipinski definition) is 6.